The van der Waals surface area contributed by atoms with Gasteiger partial charge in [0.05, 0.1) is 6.61 Å². The lowest BCUT2D eigenvalue weighted by atomic mass is 9.93. The fourth-order valence-electron chi connectivity index (χ4n) is 3.32. The average Bonchev–Trinajstić information content (AvgIpc) is 2.75. The van der Waals surface area contributed by atoms with Gasteiger partial charge in [-0.2, -0.15) is 0 Å². The highest BCUT2D eigenvalue weighted by atomic mass is 35.5. The van der Waals surface area contributed by atoms with Crippen LogP contribution in [0.1, 0.15) is 25.8 Å². The van der Waals surface area contributed by atoms with Gasteiger partial charge in [-0.1, -0.05) is 61.5 Å². The van der Waals surface area contributed by atoms with E-state index in [1.54, 1.807) is 0 Å². The van der Waals surface area contributed by atoms with E-state index in [1.807, 2.05) is 31.2 Å². The van der Waals surface area contributed by atoms with Crippen molar-refractivity contribution >= 4 is 28.1 Å². The Morgan fingerprint density at radius 1 is 1.03 bits per heavy atom. The summed E-state index contributed by atoms with van der Waals surface area (Å²) in [5.41, 5.74) is 3.94. The molecule has 0 heterocycles. The van der Waals surface area contributed by atoms with Crippen LogP contribution in [0.15, 0.2) is 61.2 Å². The topological polar surface area (TPSA) is 30.5 Å². The maximum atomic E-state index is 6.31. The van der Waals surface area contributed by atoms with Crippen LogP contribution in [-0.2, 0) is 4.74 Å². The Morgan fingerprint density at radius 3 is 2.52 bits per heavy atom. The zero-order valence-electron chi connectivity index (χ0n) is 17.1. The molecule has 0 spiro atoms. The third-order valence-corrected chi connectivity index (χ3v) is 4.98. The number of hydrogen-bond donors (Lipinski definition) is 1. The minimum atomic E-state index is 0.473. The van der Waals surface area contributed by atoms with Gasteiger partial charge in [0, 0.05) is 35.0 Å². The van der Waals surface area contributed by atoms with Gasteiger partial charge in [0.1, 0.15) is 12.4 Å². The molecule has 0 atom stereocenters. The normalized spacial score (nSPS) is 10.9. The molecule has 1 N–H and O–H groups in total. The summed E-state index contributed by atoms with van der Waals surface area (Å²) in [7, 11) is 0. The highest BCUT2D eigenvalue weighted by Gasteiger charge is 2.18. The van der Waals surface area contributed by atoms with Gasteiger partial charge in [0.15, 0.2) is 0 Å². The Bertz CT molecular complexity index is 966. The van der Waals surface area contributed by atoms with Crippen molar-refractivity contribution < 1.29 is 9.47 Å². The first-order valence-electron chi connectivity index (χ1n) is 10.1. The minimum absolute atomic E-state index is 0.473. The van der Waals surface area contributed by atoms with Crippen LogP contribution in [0, 0.1) is 0 Å². The fraction of sp³-hybridized carbons (Fsp3) is 0.280. The van der Waals surface area contributed by atoms with Crippen molar-refractivity contribution in [3.63, 3.8) is 0 Å². The van der Waals surface area contributed by atoms with Gasteiger partial charge in [0.25, 0.3) is 0 Å². The molecule has 29 heavy (non-hydrogen) atoms. The predicted molar refractivity (Wildman–Crippen MR) is 124 cm³/mol. The van der Waals surface area contributed by atoms with E-state index in [0.29, 0.717) is 24.8 Å². The van der Waals surface area contributed by atoms with Crippen molar-refractivity contribution in [1.82, 2.24) is 5.32 Å². The first kappa shape index (κ1) is 21.2. The molecule has 0 unspecified atom stereocenters. The summed E-state index contributed by atoms with van der Waals surface area (Å²) in [6.45, 7) is 10.9. The molecule has 0 radical (unpaired) electrons. The summed E-state index contributed by atoms with van der Waals surface area (Å²) in [5, 5.41) is 6.40. The van der Waals surface area contributed by atoms with E-state index in [-0.39, 0.29) is 0 Å². The summed E-state index contributed by atoms with van der Waals surface area (Å²) >= 11 is 6.14. The van der Waals surface area contributed by atoms with Crippen molar-refractivity contribution in [2.75, 3.05) is 26.4 Å². The van der Waals surface area contributed by atoms with Gasteiger partial charge in [-0.05, 0) is 47.9 Å². The van der Waals surface area contributed by atoms with E-state index >= 15 is 0 Å². The second-order valence-corrected chi connectivity index (χ2v) is 7.24. The zero-order chi connectivity index (χ0) is 20.6. The van der Waals surface area contributed by atoms with Gasteiger partial charge in [0.2, 0.25) is 0 Å². The number of halogens is 1. The number of nitrogens with one attached hydrogen (secondary N) is 1. The highest BCUT2D eigenvalue weighted by Crippen LogP contribution is 2.42. The highest BCUT2D eigenvalue weighted by molar-refractivity contribution is 6.30. The Kier molecular flexibility index (Phi) is 7.56. The van der Waals surface area contributed by atoms with Crippen molar-refractivity contribution in [3.05, 3.63) is 71.8 Å². The summed E-state index contributed by atoms with van der Waals surface area (Å²) < 4.78 is 11.8. The molecule has 0 aliphatic heterocycles. The quantitative estimate of drug-likeness (QED) is 0.385. The van der Waals surface area contributed by atoms with Crippen LogP contribution in [0.25, 0.3) is 27.6 Å². The monoisotopic (exact) mass is 409 g/mol. The van der Waals surface area contributed by atoms with Crippen LogP contribution in [-0.4, -0.2) is 26.4 Å². The molecule has 4 heteroatoms. The Labute approximate surface area is 178 Å². The summed E-state index contributed by atoms with van der Waals surface area (Å²) in [6, 6.07) is 18.4. The third kappa shape index (κ3) is 5.11. The molecule has 3 aromatic rings. The number of benzene rings is 3. The summed E-state index contributed by atoms with van der Waals surface area (Å²) in [6.07, 6.45) is 1.02. The molecule has 0 aromatic heterocycles. The Morgan fingerprint density at radius 2 is 1.79 bits per heavy atom. The molecule has 0 bridgehead atoms. The molecular weight excluding hydrogens is 382 g/mol. The number of hydrogen-bond acceptors (Lipinski definition) is 3. The number of ether oxygens (including phenoxy) is 2. The van der Waals surface area contributed by atoms with Gasteiger partial charge < -0.3 is 14.8 Å². The largest absolute Gasteiger partial charge is 0.490 e. The van der Waals surface area contributed by atoms with Crippen LogP contribution >= 0.6 is 11.6 Å². The van der Waals surface area contributed by atoms with Crippen LogP contribution in [0.4, 0.5) is 0 Å². The lowest BCUT2D eigenvalue weighted by Crippen LogP contribution is -2.14. The van der Waals surface area contributed by atoms with Crippen molar-refractivity contribution in [3.8, 4) is 16.9 Å². The van der Waals surface area contributed by atoms with E-state index in [1.165, 1.54) is 0 Å². The molecule has 0 saturated heterocycles. The number of fused-ring (bicyclic) bond motifs is 1. The summed E-state index contributed by atoms with van der Waals surface area (Å²) in [5.74, 6) is 0.819. The molecule has 0 amide bonds. The van der Waals surface area contributed by atoms with Crippen molar-refractivity contribution in [1.29, 1.82) is 0 Å². The molecule has 3 nitrogen and oxygen atoms in total. The second kappa shape index (κ2) is 10.3. The van der Waals surface area contributed by atoms with Gasteiger partial charge in [-0.15, -0.1) is 0 Å². The Balaban J connectivity index is 2.18. The molecule has 0 aliphatic carbocycles. The smallest absolute Gasteiger partial charge is 0.137 e. The molecule has 3 aromatic carbocycles. The standard InChI is InChI=1S/C25H28ClNO2/c1-4-14-27-18(3)23-17-20-8-6-7-9-22(20)24(19-10-12-21(26)13-11-19)25(23)29-16-15-28-5-2/h6-13,17,27H,3-5,14-16H2,1-2H3. The first-order valence-corrected chi connectivity index (χ1v) is 10.5. The van der Waals surface area contributed by atoms with Crippen LogP contribution in [0.3, 0.4) is 0 Å². The zero-order valence-corrected chi connectivity index (χ0v) is 17.9. The number of rotatable bonds is 10. The SMILES string of the molecule is C=C(NCCC)c1cc2ccccc2c(-c2ccc(Cl)cc2)c1OCCOCC. The maximum Gasteiger partial charge on any atom is 0.137 e. The van der Waals surface area contributed by atoms with Crippen LogP contribution < -0.4 is 10.1 Å². The van der Waals surface area contributed by atoms with E-state index < -0.39 is 0 Å². The van der Waals surface area contributed by atoms with Crippen molar-refractivity contribution in [2.24, 2.45) is 0 Å². The Hall–Kier alpha value is -2.49. The second-order valence-electron chi connectivity index (χ2n) is 6.81. The molecule has 0 fully saturated rings. The lowest BCUT2D eigenvalue weighted by molar-refractivity contribution is 0.110. The van der Waals surface area contributed by atoms with Gasteiger partial charge in [-0.25, -0.2) is 0 Å². The molecule has 152 valence electrons. The summed E-state index contributed by atoms with van der Waals surface area (Å²) in [4.78, 5) is 0. The first-order chi connectivity index (χ1) is 14.2. The van der Waals surface area contributed by atoms with E-state index in [2.05, 4.69) is 49.2 Å². The predicted octanol–water partition coefficient (Wildman–Crippen LogP) is 6.55. The van der Waals surface area contributed by atoms with E-state index in [9.17, 15) is 0 Å². The van der Waals surface area contributed by atoms with E-state index in [0.717, 1.165) is 51.9 Å². The minimum Gasteiger partial charge on any atom is -0.490 e. The van der Waals surface area contributed by atoms with Gasteiger partial charge in [-0.3, -0.25) is 0 Å². The molecular formula is C25H28ClNO2. The molecule has 0 aliphatic rings. The third-order valence-electron chi connectivity index (χ3n) is 4.73. The van der Waals surface area contributed by atoms with Crippen molar-refractivity contribution in [2.45, 2.75) is 20.3 Å². The molecule has 0 saturated carbocycles. The van der Waals surface area contributed by atoms with Crippen LogP contribution in [0.2, 0.25) is 5.02 Å². The maximum absolute atomic E-state index is 6.31. The van der Waals surface area contributed by atoms with E-state index in [4.69, 9.17) is 21.1 Å². The lowest BCUT2D eigenvalue weighted by Gasteiger charge is -2.21. The van der Waals surface area contributed by atoms with Gasteiger partial charge >= 0.3 is 0 Å². The average molecular weight is 410 g/mol. The van der Waals surface area contributed by atoms with Crippen LogP contribution in [0.5, 0.6) is 5.75 Å². The molecule has 3 rings (SSSR count). The fourth-order valence-corrected chi connectivity index (χ4v) is 3.45.